The third kappa shape index (κ3) is 4.15. The summed E-state index contributed by atoms with van der Waals surface area (Å²) in [5.41, 5.74) is 0. The Morgan fingerprint density at radius 1 is 1.00 bits per heavy atom. The van der Waals surface area contributed by atoms with Crippen molar-refractivity contribution in [3.05, 3.63) is 0 Å². The maximum Gasteiger partial charge on any atom is 0.0586 e. The van der Waals surface area contributed by atoms with Gasteiger partial charge in [-0.05, 0) is 51.2 Å². The summed E-state index contributed by atoms with van der Waals surface area (Å²) in [7, 11) is 1.86. The molecule has 0 saturated heterocycles. The summed E-state index contributed by atoms with van der Waals surface area (Å²) < 4.78 is 5.51. The van der Waals surface area contributed by atoms with E-state index < -0.39 is 0 Å². The maximum atomic E-state index is 5.51. The Balaban J connectivity index is 1.75. The van der Waals surface area contributed by atoms with E-state index in [4.69, 9.17) is 4.74 Å². The highest BCUT2D eigenvalue weighted by molar-refractivity contribution is 7.99. The summed E-state index contributed by atoms with van der Waals surface area (Å²) in [6, 6.07) is 1.47. The molecule has 100 valence electrons. The van der Waals surface area contributed by atoms with Gasteiger partial charge in [0.1, 0.15) is 0 Å². The summed E-state index contributed by atoms with van der Waals surface area (Å²) in [5, 5.41) is 4.78. The van der Waals surface area contributed by atoms with Gasteiger partial charge in [0.25, 0.3) is 0 Å². The molecule has 2 fully saturated rings. The third-order valence-corrected chi connectivity index (χ3v) is 5.49. The zero-order valence-electron chi connectivity index (χ0n) is 11.3. The van der Waals surface area contributed by atoms with E-state index in [1.165, 1.54) is 51.4 Å². The van der Waals surface area contributed by atoms with Crippen LogP contribution in [0, 0.1) is 0 Å². The Bertz CT molecular complexity index is 202. The molecular weight excluding hydrogens is 230 g/mol. The van der Waals surface area contributed by atoms with Crippen molar-refractivity contribution in [2.45, 2.75) is 74.8 Å². The van der Waals surface area contributed by atoms with Crippen molar-refractivity contribution in [1.82, 2.24) is 5.32 Å². The minimum absolute atomic E-state index is 0.501. The lowest BCUT2D eigenvalue weighted by molar-refractivity contribution is 0.0560. The van der Waals surface area contributed by atoms with Crippen LogP contribution in [-0.4, -0.2) is 36.8 Å². The molecule has 0 heterocycles. The normalized spacial score (nSPS) is 39.2. The van der Waals surface area contributed by atoms with Gasteiger partial charge in [0, 0.05) is 24.4 Å². The molecule has 1 N–H and O–H groups in total. The molecule has 4 atom stereocenters. The van der Waals surface area contributed by atoms with E-state index in [0.29, 0.717) is 12.1 Å². The van der Waals surface area contributed by atoms with Crippen molar-refractivity contribution < 1.29 is 4.74 Å². The first-order valence-electron chi connectivity index (χ1n) is 7.13. The van der Waals surface area contributed by atoms with Crippen molar-refractivity contribution in [3.63, 3.8) is 0 Å². The average Bonchev–Trinajstić information content (AvgIpc) is 2.39. The van der Waals surface area contributed by atoms with Crippen molar-refractivity contribution in [2.24, 2.45) is 0 Å². The second kappa shape index (κ2) is 7.01. The Morgan fingerprint density at radius 3 is 2.41 bits per heavy atom. The molecule has 17 heavy (non-hydrogen) atoms. The number of hydrogen-bond donors (Lipinski definition) is 1. The molecule has 2 aliphatic rings. The molecule has 3 heteroatoms. The molecule has 0 aromatic heterocycles. The van der Waals surface area contributed by atoms with E-state index in [-0.39, 0.29) is 0 Å². The van der Waals surface area contributed by atoms with Gasteiger partial charge in [-0.1, -0.05) is 6.42 Å². The summed E-state index contributed by atoms with van der Waals surface area (Å²) in [6.07, 6.45) is 13.5. The van der Waals surface area contributed by atoms with Gasteiger partial charge in [-0.15, -0.1) is 0 Å². The fraction of sp³-hybridized carbons (Fsp3) is 1.00. The molecule has 0 radical (unpaired) electrons. The second-order valence-electron chi connectivity index (χ2n) is 5.61. The standard InChI is InChI=1S/C14H27NOS/c1-16-13-7-3-5-11(9-13)15-12-6-4-8-14(10-12)17-2/h11-15H,3-10H2,1-2H3. The molecule has 0 amide bonds. The van der Waals surface area contributed by atoms with Crippen molar-refractivity contribution in [2.75, 3.05) is 13.4 Å². The highest BCUT2D eigenvalue weighted by atomic mass is 32.2. The van der Waals surface area contributed by atoms with Crippen LogP contribution in [0.1, 0.15) is 51.4 Å². The third-order valence-electron chi connectivity index (χ3n) is 4.39. The summed E-state index contributed by atoms with van der Waals surface area (Å²) in [6.45, 7) is 0. The number of methoxy groups -OCH3 is 1. The second-order valence-corrected chi connectivity index (χ2v) is 6.75. The molecule has 4 unspecified atom stereocenters. The van der Waals surface area contributed by atoms with Crippen LogP contribution in [0.15, 0.2) is 0 Å². The number of hydrogen-bond acceptors (Lipinski definition) is 3. The van der Waals surface area contributed by atoms with Gasteiger partial charge >= 0.3 is 0 Å². The van der Waals surface area contributed by atoms with Crippen LogP contribution in [0.25, 0.3) is 0 Å². The molecule has 2 aliphatic carbocycles. The van der Waals surface area contributed by atoms with Crippen molar-refractivity contribution in [1.29, 1.82) is 0 Å². The van der Waals surface area contributed by atoms with Crippen LogP contribution in [0.5, 0.6) is 0 Å². The lowest BCUT2D eigenvalue weighted by Crippen LogP contribution is -2.44. The zero-order chi connectivity index (χ0) is 12.1. The minimum Gasteiger partial charge on any atom is -0.381 e. The fourth-order valence-corrected chi connectivity index (χ4v) is 4.18. The molecule has 2 nitrogen and oxygen atoms in total. The van der Waals surface area contributed by atoms with Gasteiger partial charge < -0.3 is 10.1 Å². The van der Waals surface area contributed by atoms with E-state index in [1.54, 1.807) is 0 Å². The minimum atomic E-state index is 0.501. The molecule has 0 spiro atoms. The summed E-state index contributed by atoms with van der Waals surface area (Å²) in [4.78, 5) is 0. The Labute approximate surface area is 110 Å². The largest absolute Gasteiger partial charge is 0.381 e. The summed E-state index contributed by atoms with van der Waals surface area (Å²) >= 11 is 2.05. The van der Waals surface area contributed by atoms with Crippen molar-refractivity contribution >= 4 is 11.8 Å². The number of nitrogens with one attached hydrogen (secondary N) is 1. The first kappa shape index (κ1) is 13.7. The van der Waals surface area contributed by atoms with E-state index in [9.17, 15) is 0 Å². The predicted molar refractivity (Wildman–Crippen MR) is 75.7 cm³/mol. The number of rotatable bonds is 4. The quantitative estimate of drug-likeness (QED) is 0.835. The van der Waals surface area contributed by atoms with E-state index in [0.717, 1.165) is 11.3 Å². The lowest BCUT2D eigenvalue weighted by Gasteiger charge is -2.35. The van der Waals surface area contributed by atoms with Crippen LogP contribution in [0.4, 0.5) is 0 Å². The fourth-order valence-electron chi connectivity index (χ4n) is 3.35. The molecular formula is C14H27NOS. The van der Waals surface area contributed by atoms with Crippen LogP contribution < -0.4 is 5.32 Å². The highest BCUT2D eigenvalue weighted by Crippen LogP contribution is 2.29. The number of thioether (sulfide) groups is 1. The van der Waals surface area contributed by atoms with Crippen molar-refractivity contribution in [3.8, 4) is 0 Å². The van der Waals surface area contributed by atoms with Crippen LogP contribution >= 0.6 is 11.8 Å². The van der Waals surface area contributed by atoms with E-state index in [2.05, 4.69) is 23.3 Å². The Kier molecular flexibility index (Phi) is 5.64. The molecule has 2 saturated carbocycles. The lowest BCUT2D eigenvalue weighted by atomic mass is 9.89. The molecule has 0 aromatic carbocycles. The van der Waals surface area contributed by atoms with Gasteiger partial charge in [0.15, 0.2) is 0 Å². The first-order chi connectivity index (χ1) is 8.31. The van der Waals surface area contributed by atoms with Gasteiger partial charge in [-0.2, -0.15) is 11.8 Å². The molecule has 0 bridgehead atoms. The van der Waals surface area contributed by atoms with Gasteiger partial charge in [-0.25, -0.2) is 0 Å². The van der Waals surface area contributed by atoms with Crippen LogP contribution in [-0.2, 0) is 4.74 Å². The zero-order valence-corrected chi connectivity index (χ0v) is 12.1. The smallest absolute Gasteiger partial charge is 0.0586 e. The number of ether oxygens (including phenoxy) is 1. The van der Waals surface area contributed by atoms with Gasteiger partial charge in [0.2, 0.25) is 0 Å². The molecule has 0 aliphatic heterocycles. The predicted octanol–water partition coefficient (Wildman–Crippen LogP) is 3.21. The van der Waals surface area contributed by atoms with Gasteiger partial charge in [0.05, 0.1) is 6.10 Å². The summed E-state index contributed by atoms with van der Waals surface area (Å²) in [5.74, 6) is 0. The van der Waals surface area contributed by atoms with E-state index in [1.807, 2.05) is 7.11 Å². The highest BCUT2D eigenvalue weighted by Gasteiger charge is 2.26. The first-order valence-corrected chi connectivity index (χ1v) is 8.42. The topological polar surface area (TPSA) is 21.3 Å². The molecule has 2 rings (SSSR count). The Morgan fingerprint density at radius 2 is 1.71 bits per heavy atom. The molecule has 0 aromatic rings. The Hall–Kier alpha value is 0.270. The van der Waals surface area contributed by atoms with Crippen LogP contribution in [0.2, 0.25) is 0 Å². The maximum absolute atomic E-state index is 5.51. The monoisotopic (exact) mass is 257 g/mol. The SMILES string of the molecule is COC1CCCC(NC2CCCC(SC)C2)C1. The van der Waals surface area contributed by atoms with Crippen LogP contribution in [0.3, 0.4) is 0 Å². The van der Waals surface area contributed by atoms with E-state index >= 15 is 0 Å². The van der Waals surface area contributed by atoms with Gasteiger partial charge in [-0.3, -0.25) is 0 Å². The average molecular weight is 257 g/mol.